The molecular weight excluding hydrogens is 443 g/mol. The number of hydrogen-bond donors (Lipinski definition) is 1. The zero-order valence-electron chi connectivity index (χ0n) is 18.8. The van der Waals surface area contributed by atoms with Gasteiger partial charge < -0.3 is 10.1 Å². The van der Waals surface area contributed by atoms with Crippen LogP contribution in [0.5, 0.6) is 5.75 Å². The molecule has 3 aromatic rings. The molecule has 0 fully saturated rings. The van der Waals surface area contributed by atoms with Crippen LogP contribution in [0.3, 0.4) is 0 Å². The highest BCUT2D eigenvalue weighted by Gasteiger charge is 2.18. The number of sulfonamides is 1. The first kappa shape index (κ1) is 24.3. The number of aryl methyl sites for hydroxylation is 2. The van der Waals surface area contributed by atoms with E-state index in [1.165, 1.54) is 28.6 Å². The molecule has 0 aromatic heterocycles. The first-order valence-corrected chi connectivity index (χ1v) is 12.3. The van der Waals surface area contributed by atoms with Crippen molar-refractivity contribution >= 4 is 21.6 Å². The third kappa shape index (κ3) is 6.79. The second-order valence-corrected chi connectivity index (χ2v) is 9.72. The minimum Gasteiger partial charge on any atom is -0.491 e. The summed E-state index contributed by atoms with van der Waals surface area (Å²) in [5.74, 6) is 0.0991. The van der Waals surface area contributed by atoms with Crippen LogP contribution in [0.4, 0.5) is 10.1 Å². The molecule has 33 heavy (non-hydrogen) atoms. The lowest BCUT2D eigenvalue weighted by Gasteiger charge is -2.22. The summed E-state index contributed by atoms with van der Waals surface area (Å²) in [6, 6.07) is 17.9. The van der Waals surface area contributed by atoms with E-state index in [0.29, 0.717) is 30.0 Å². The summed E-state index contributed by atoms with van der Waals surface area (Å²) in [6.07, 6.45) is 1.10. The monoisotopic (exact) mass is 470 g/mol. The van der Waals surface area contributed by atoms with Crippen LogP contribution >= 0.6 is 0 Å². The Bertz CT molecular complexity index is 1210. The van der Waals surface area contributed by atoms with Crippen LogP contribution in [-0.2, 0) is 16.6 Å². The molecule has 0 saturated heterocycles. The molecule has 0 radical (unpaired) electrons. The van der Waals surface area contributed by atoms with Crippen molar-refractivity contribution in [2.24, 2.45) is 0 Å². The summed E-state index contributed by atoms with van der Waals surface area (Å²) in [7, 11) is -3.58. The minimum atomic E-state index is -3.58. The van der Waals surface area contributed by atoms with Crippen LogP contribution in [0.15, 0.2) is 66.7 Å². The van der Waals surface area contributed by atoms with Gasteiger partial charge in [-0.2, -0.15) is 0 Å². The van der Waals surface area contributed by atoms with Crippen molar-refractivity contribution in [3.8, 4) is 5.75 Å². The Labute approximate surface area is 194 Å². The fraction of sp³-hybridized carbons (Fsp3) is 0.240. The number of rotatable bonds is 9. The topological polar surface area (TPSA) is 75.7 Å². The lowest BCUT2D eigenvalue weighted by Crippen LogP contribution is -2.29. The third-order valence-electron chi connectivity index (χ3n) is 5.03. The van der Waals surface area contributed by atoms with Crippen molar-refractivity contribution in [2.45, 2.75) is 20.4 Å². The molecule has 6 nitrogen and oxygen atoms in total. The predicted molar refractivity (Wildman–Crippen MR) is 128 cm³/mol. The number of ether oxygens (including phenoxy) is 1. The second kappa shape index (κ2) is 10.5. The van der Waals surface area contributed by atoms with Gasteiger partial charge in [-0.1, -0.05) is 29.8 Å². The van der Waals surface area contributed by atoms with Gasteiger partial charge in [0.15, 0.2) is 0 Å². The molecule has 0 saturated carbocycles. The van der Waals surface area contributed by atoms with Crippen molar-refractivity contribution < 1.29 is 22.3 Å². The van der Waals surface area contributed by atoms with Gasteiger partial charge in [-0.3, -0.25) is 9.10 Å². The van der Waals surface area contributed by atoms with Crippen LogP contribution < -0.4 is 14.4 Å². The van der Waals surface area contributed by atoms with Crippen molar-refractivity contribution in [1.29, 1.82) is 0 Å². The van der Waals surface area contributed by atoms with E-state index in [0.717, 1.165) is 23.1 Å². The molecule has 174 valence electrons. The standard InChI is InChI=1S/C25H27FN2O4S/c1-18-4-13-24(19(2)16-18)32-15-14-27-25(29)21-7-5-20(6-8-21)17-28(33(3,30)31)23-11-9-22(26)10-12-23/h4-13,16H,14-15,17H2,1-3H3,(H,27,29). The molecular formula is C25H27FN2O4S. The van der Waals surface area contributed by atoms with Crippen LogP contribution in [0, 0.1) is 19.7 Å². The molecule has 0 aliphatic carbocycles. The van der Waals surface area contributed by atoms with Crippen molar-refractivity contribution in [3.05, 3.63) is 94.8 Å². The molecule has 0 spiro atoms. The molecule has 0 atom stereocenters. The highest BCUT2D eigenvalue weighted by molar-refractivity contribution is 7.92. The fourth-order valence-electron chi connectivity index (χ4n) is 3.32. The Morgan fingerprint density at radius 3 is 2.27 bits per heavy atom. The molecule has 1 N–H and O–H groups in total. The van der Waals surface area contributed by atoms with E-state index < -0.39 is 15.8 Å². The van der Waals surface area contributed by atoms with Crippen molar-refractivity contribution in [3.63, 3.8) is 0 Å². The van der Waals surface area contributed by atoms with E-state index >= 15 is 0 Å². The number of amides is 1. The zero-order chi connectivity index (χ0) is 24.0. The minimum absolute atomic E-state index is 0.0656. The first-order chi connectivity index (χ1) is 15.6. The Morgan fingerprint density at radius 1 is 1.00 bits per heavy atom. The molecule has 0 unspecified atom stereocenters. The fourth-order valence-corrected chi connectivity index (χ4v) is 4.21. The third-order valence-corrected chi connectivity index (χ3v) is 6.17. The molecule has 0 heterocycles. The Balaban J connectivity index is 1.57. The summed E-state index contributed by atoms with van der Waals surface area (Å²) in [5.41, 5.74) is 3.72. The molecule has 3 aromatic carbocycles. The van der Waals surface area contributed by atoms with E-state index in [9.17, 15) is 17.6 Å². The van der Waals surface area contributed by atoms with Crippen LogP contribution in [0.1, 0.15) is 27.0 Å². The number of hydrogen-bond acceptors (Lipinski definition) is 4. The lowest BCUT2D eigenvalue weighted by molar-refractivity contribution is 0.0947. The summed E-state index contributed by atoms with van der Waals surface area (Å²) in [4.78, 5) is 12.4. The number of anilines is 1. The van der Waals surface area contributed by atoms with Gasteiger partial charge in [-0.05, 0) is 67.4 Å². The first-order valence-electron chi connectivity index (χ1n) is 10.4. The maximum atomic E-state index is 13.2. The van der Waals surface area contributed by atoms with E-state index in [4.69, 9.17) is 4.74 Å². The molecule has 0 aliphatic rings. The van der Waals surface area contributed by atoms with Crippen LogP contribution in [0.2, 0.25) is 0 Å². The van der Waals surface area contributed by atoms with E-state index in [-0.39, 0.29) is 12.5 Å². The van der Waals surface area contributed by atoms with Crippen molar-refractivity contribution in [1.82, 2.24) is 5.32 Å². The van der Waals surface area contributed by atoms with Gasteiger partial charge in [0, 0.05) is 5.56 Å². The Hall–Kier alpha value is -3.39. The lowest BCUT2D eigenvalue weighted by atomic mass is 10.1. The van der Waals surface area contributed by atoms with Crippen molar-refractivity contribution in [2.75, 3.05) is 23.7 Å². The number of carbonyl (C=O) groups excluding carboxylic acids is 1. The number of nitrogens with zero attached hydrogens (tertiary/aromatic N) is 1. The van der Waals surface area contributed by atoms with Gasteiger partial charge in [-0.25, -0.2) is 12.8 Å². The quantitative estimate of drug-likeness (QED) is 0.475. The van der Waals surface area contributed by atoms with Gasteiger partial charge in [-0.15, -0.1) is 0 Å². The maximum Gasteiger partial charge on any atom is 0.251 e. The maximum absolute atomic E-state index is 13.2. The summed E-state index contributed by atoms with van der Waals surface area (Å²) in [6.45, 7) is 4.75. The molecule has 1 amide bonds. The summed E-state index contributed by atoms with van der Waals surface area (Å²) in [5, 5.41) is 2.81. The van der Waals surface area contributed by atoms with Crippen LogP contribution in [-0.4, -0.2) is 33.7 Å². The normalized spacial score (nSPS) is 11.2. The van der Waals surface area contributed by atoms with E-state index in [2.05, 4.69) is 5.32 Å². The highest BCUT2D eigenvalue weighted by Crippen LogP contribution is 2.21. The average Bonchev–Trinajstić information content (AvgIpc) is 2.76. The summed E-state index contributed by atoms with van der Waals surface area (Å²) < 4.78 is 44.6. The smallest absolute Gasteiger partial charge is 0.251 e. The average molecular weight is 471 g/mol. The summed E-state index contributed by atoms with van der Waals surface area (Å²) >= 11 is 0. The predicted octanol–water partition coefficient (Wildman–Crippen LogP) is 4.22. The Kier molecular flexibility index (Phi) is 7.71. The number of halogens is 1. The largest absolute Gasteiger partial charge is 0.491 e. The number of carbonyl (C=O) groups is 1. The number of nitrogens with one attached hydrogen (secondary N) is 1. The van der Waals surface area contributed by atoms with Gasteiger partial charge in [0.2, 0.25) is 10.0 Å². The Morgan fingerprint density at radius 2 is 1.67 bits per heavy atom. The van der Waals surface area contributed by atoms with E-state index in [1.807, 2.05) is 32.0 Å². The van der Waals surface area contributed by atoms with Gasteiger partial charge in [0.1, 0.15) is 18.2 Å². The zero-order valence-corrected chi connectivity index (χ0v) is 19.7. The van der Waals surface area contributed by atoms with Gasteiger partial charge in [0.25, 0.3) is 5.91 Å². The second-order valence-electron chi connectivity index (χ2n) is 7.82. The molecule has 8 heteroatoms. The molecule has 0 aliphatic heterocycles. The molecule has 3 rings (SSSR count). The van der Waals surface area contributed by atoms with E-state index in [1.54, 1.807) is 24.3 Å². The van der Waals surface area contributed by atoms with Gasteiger partial charge in [0.05, 0.1) is 25.0 Å². The SMILES string of the molecule is Cc1ccc(OCCNC(=O)c2ccc(CN(c3ccc(F)cc3)S(C)(=O)=O)cc2)c(C)c1. The number of benzene rings is 3. The van der Waals surface area contributed by atoms with Crippen LogP contribution in [0.25, 0.3) is 0 Å². The highest BCUT2D eigenvalue weighted by atomic mass is 32.2. The van der Waals surface area contributed by atoms with Gasteiger partial charge >= 0.3 is 0 Å². The molecule has 0 bridgehead atoms.